The molecule has 0 aliphatic carbocycles. The van der Waals surface area contributed by atoms with Crippen LogP contribution in [0.1, 0.15) is 45.1 Å². The maximum atomic E-state index is 10.8. The molecule has 112 valence electrons. The summed E-state index contributed by atoms with van der Waals surface area (Å²) in [6.07, 6.45) is 4.09. The van der Waals surface area contributed by atoms with Crippen LogP contribution in [0.3, 0.4) is 0 Å². The first-order chi connectivity index (χ1) is 9.67. The summed E-state index contributed by atoms with van der Waals surface area (Å²) in [5, 5.41) is 8.84. The van der Waals surface area contributed by atoms with Crippen molar-refractivity contribution in [3.8, 4) is 11.5 Å². The minimum atomic E-state index is -0.843. The zero-order valence-electron chi connectivity index (χ0n) is 12.4. The van der Waals surface area contributed by atoms with Crippen LogP contribution < -0.4 is 9.47 Å². The van der Waals surface area contributed by atoms with Gasteiger partial charge in [-0.05, 0) is 30.5 Å². The fourth-order valence-electron chi connectivity index (χ4n) is 1.72. The smallest absolute Gasteiger partial charge is 0.307 e. The number of carboxylic acid groups (broad SMARTS) is 1. The summed E-state index contributed by atoms with van der Waals surface area (Å²) in [6.45, 7) is 5.48. The molecule has 0 unspecified atom stereocenters. The second-order valence-electron chi connectivity index (χ2n) is 4.76. The van der Waals surface area contributed by atoms with E-state index >= 15 is 0 Å². The van der Waals surface area contributed by atoms with E-state index in [1.165, 1.54) is 0 Å². The molecule has 0 amide bonds. The van der Waals surface area contributed by atoms with E-state index in [1.54, 1.807) is 18.2 Å². The normalized spacial score (nSPS) is 10.3. The van der Waals surface area contributed by atoms with Gasteiger partial charge in [0, 0.05) is 0 Å². The molecule has 0 spiro atoms. The van der Waals surface area contributed by atoms with Crippen molar-refractivity contribution in [1.82, 2.24) is 0 Å². The highest BCUT2D eigenvalue weighted by Gasteiger charge is 2.09. The highest BCUT2D eigenvalue weighted by atomic mass is 16.5. The van der Waals surface area contributed by atoms with Crippen LogP contribution in [0.5, 0.6) is 11.5 Å². The highest BCUT2D eigenvalue weighted by molar-refractivity contribution is 5.70. The van der Waals surface area contributed by atoms with Crippen LogP contribution in [0.25, 0.3) is 0 Å². The van der Waals surface area contributed by atoms with Crippen molar-refractivity contribution in [2.75, 3.05) is 13.2 Å². The number of carboxylic acids is 1. The minimum absolute atomic E-state index is 0.000617. The Hall–Kier alpha value is -1.71. The standard InChI is InChI=1S/C16H24O4/c1-3-5-9-19-14-8-7-13(12-16(17)18)11-15(14)20-10-6-4-2/h7-8,11H,3-6,9-10,12H2,1-2H3,(H,17,18). The fraction of sp³-hybridized carbons (Fsp3) is 0.562. The van der Waals surface area contributed by atoms with Gasteiger partial charge in [-0.3, -0.25) is 4.79 Å². The first kappa shape index (κ1) is 16.3. The summed E-state index contributed by atoms with van der Waals surface area (Å²) in [4.78, 5) is 10.8. The summed E-state index contributed by atoms with van der Waals surface area (Å²) < 4.78 is 11.4. The van der Waals surface area contributed by atoms with Gasteiger partial charge in [0.2, 0.25) is 0 Å². The fourth-order valence-corrected chi connectivity index (χ4v) is 1.72. The lowest BCUT2D eigenvalue weighted by atomic mass is 10.1. The summed E-state index contributed by atoms with van der Waals surface area (Å²) in [5.74, 6) is 0.501. The molecule has 0 saturated heterocycles. The summed E-state index contributed by atoms with van der Waals surface area (Å²) in [7, 11) is 0. The molecule has 1 aromatic rings. The minimum Gasteiger partial charge on any atom is -0.490 e. The number of hydrogen-bond acceptors (Lipinski definition) is 3. The number of benzene rings is 1. The van der Waals surface area contributed by atoms with E-state index in [4.69, 9.17) is 14.6 Å². The molecule has 0 radical (unpaired) electrons. The molecule has 0 bridgehead atoms. The molecular weight excluding hydrogens is 256 g/mol. The predicted octanol–water partition coefficient (Wildman–Crippen LogP) is 3.67. The second kappa shape index (κ2) is 9.23. The zero-order valence-corrected chi connectivity index (χ0v) is 12.4. The Morgan fingerprint density at radius 3 is 2.20 bits per heavy atom. The highest BCUT2D eigenvalue weighted by Crippen LogP contribution is 2.29. The number of aliphatic carboxylic acids is 1. The van der Waals surface area contributed by atoms with E-state index in [2.05, 4.69) is 13.8 Å². The van der Waals surface area contributed by atoms with Crippen LogP contribution in [0.15, 0.2) is 18.2 Å². The lowest BCUT2D eigenvalue weighted by molar-refractivity contribution is -0.136. The Balaban J connectivity index is 2.76. The Labute approximate surface area is 120 Å². The van der Waals surface area contributed by atoms with E-state index in [0.717, 1.165) is 31.2 Å². The number of ether oxygens (including phenoxy) is 2. The SMILES string of the molecule is CCCCOc1ccc(CC(=O)O)cc1OCCCC. The van der Waals surface area contributed by atoms with Crippen molar-refractivity contribution in [2.24, 2.45) is 0 Å². The van der Waals surface area contributed by atoms with Gasteiger partial charge in [-0.1, -0.05) is 32.8 Å². The van der Waals surface area contributed by atoms with E-state index in [0.29, 0.717) is 24.7 Å². The van der Waals surface area contributed by atoms with E-state index < -0.39 is 5.97 Å². The number of rotatable bonds is 10. The van der Waals surface area contributed by atoms with Gasteiger partial charge < -0.3 is 14.6 Å². The molecule has 0 aliphatic rings. The first-order valence-corrected chi connectivity index (χ1v) is 7.27. The second-order valence-corrected chi connectivity index (χ2v) is 4.76. The Kier molecular flexibility index (Phi) is 7.55. The van der Waals surface area contributed by atoms with E-state index in [-0.39, 0.29) is 6.42 Å². The monoisotopic (exact) mass is 280 g/mol. The molecule has 0 atom stereocenters. The van der Waals surface area contributed by atoms with Crippen LogP contribution in [0, 0.1) is 0 Å². The molecule has 1 rings (SSSR count). The van der Waals surface area contributed by atoms with Crippen molar-refractivity contribution < 1.29 is 19.4 Å². The van der Waals surface area contributed by atoms with Crippen LogP contribution in [0.2, 0.25) is 0 Å². The van der Waals surface area contributed by atoms with Gasteiger partial charge in [0.1, 0.15) is 0 Å². The largest absolute Gasteiger partial charge is 0.490 e. The van der Waals surface area contributed by atoms with Gasteiger partial charge in [0.05, 0.1) is 19.6 Å². The van der Waals surface area contributed by atoms with Crippen molar-refractivity contribution in [3.63, 3.8) is 0 Å². The molecule has 0 fully saturated rings. The summed E-state index contributed by atoms with van der Waals surface area (Å²) in [6, 6.07) is 5.35. The predicted molar refractivity (Wildman–Crippen MR) is 78.6 cm³/mol. The zero-order chi connectivity index (χ0) is 14.8. The first-order valence-electron chi connectivity index (χ1n) is 7.27. The third-order valence-electron chi connectivity index (χ3n) is 2.87. The Morgan fingerprint density at radius 1 is 1.05 bits per heavy atom. The van der Waals surface area contributed by atoms with Gasteiger partial charge >= 0.3 is 5.97 Å². The van der Waals surface area contributed by atoms with Crippen LogP contribution in [0.4, 0.5) is 0 Å². The van der Waals surface area contributed by atoms with Crippen LogP contribution in [-0.4, -0.2) is 24.3 Å². The van der Waals surface area contributed by atoms with Gasteiger partial charge in [-0.2, -0.15) is 0 Å². The molecule has 4 heteroatoms. The lowest BCUT2D eigenvalue weighted by Gasteiger charge is -2.13. The van der Waals surface area contributed by atoms with Crippen LogP contribution >= 0.6 is 0 Å². The molecule has 0 aromatic heterocycles. The van der Waals surface area contributed by atoms with E-state index in [9.17, 15) is 4.79 Å². The van der Waals surface area contributed by atoms with Gasteiger partial charge in [0.25, 0.3) is 0 Å². The van der Waals surface area contributed by atoms with Crippen molar-refractivity contribution >= 4 is 5.97 Å². The summed E-state index contributed by atoms with van der Waals surface area (Å²) in [5.41, 5.74) is 0.729. The van der Waals surface area contributed by atoms with Crippen molar-refractivity contribution in [2.45, 2.75) is 46.0 Å². The maximum absolute atomic E-state index is 10.8. The third-order valence-corrected chi connectivity index (χ3v) is 2.87. The van der Waals surface area contributed by atoms with Crippen LogP contribution in [-0.2, 0) is 11.2 Å². The molecule has 20 heavy (non-hydrogen) atoms. The number of hydrogen-bond donors (Lipinski definition) is 1. The van der Waals surface area contributed by atoms with Crippen molar-refractivity contribution in [1.29, 1.82) is 0 Å². The number of unbranched alkanes of at least 4 members (excludes halogenated alkanes) is 2. The van der Waals surface area contributed by atoms with E-state index in [1.807, 2.05) is 0 Å². The molecule has 0 aliphatic heterocycles. The Bertz CT molecular complexity index is 415. The quantitative estimate of drug-likeness (QED) is 0.664. The maximum Gasteiger partial charge on any atom is 0.307 e. The lowest BCUT2D eigenvalue weighted by Crippen LogP contribution is -2.05. The van der Waals surface area contributed by atoms with Crippen molar-refractivity contribution in [3.05, 3.63) is 23.8 Å². The number of carbonyl (C=O) groups is 1. The van der Waals surface area contributed by atoms with Gasteiger partial charge in [-0.25, -0.2) is 0 Å². The molecule has 4 nitrogen and oxygen atoms in total. The summed E-state index contributed by atoms with van der Waals surface area (Å²) >= 11 is 0. The molecule has 1 aromatic carbocycles. The molecule has 1 N–H and O–H groups in total. The Morgan fingerprint density at radius 2 is 1.65 bits per heavy atom. The molecule has 0 heterocycles. The average Bonchev–Trinajstić information content (AvgIpc) is 2.41. The van der Waals surface area contributed by atoms with Gasteiger partial charge in [0.15, 0.2) is 11.5 Å². The molecule has 0 saturated carbocycles. The topological polar surface area (TPSA) is 55.8 Å². The van der Waals surface area contributed by atoms with Gasteiger partial charge in [-0.15, -0.1) is 0 Å². The third kappa shape index (κ3) is 5.95. The molecular formula is C16H24O4. The average molecular weight is 280 g/mol.